The smallest absolute Gasteiger partial charge is 0.227 e. The normalized spacial score (nSPS) is 13.4. The Morgan fingerprint density at radius 3 is 2.56 bits per heavy atom. The molecule has 0 aromatic heterocycles. The van der Waals surface area contributed by atoms with E-state index in [-0.39, 0.29) is 24.2 Å². The van der Waals surface area contributed by atoms with Crippen LogP contribution in [-0.2, 0) is 22.6 Å². The first kappa shape index (κ1) is 18.8. The van der Waals surface area contributed by atoms with Gasteiger partial charge in [0.2, 0.25) is 11.8 Å². The summed E-state index contributed by atoms with van der Waals surface area (Å²) in [5.41, 5.74) is 9.15. The second-order valence-electron chi connectivity index (χ2n) is 6.01. The van der Waals surface area contributed by atoms with Crippen LogP contribution in [0.3, 0.4) is 0 Å². The number of amides is 2. The Morgan fingerprint density at radius 2 is 1.88 bits per heavy atom. The zero-order valence-corrected chi connectivity index (χ0v) is 14.7. The average molecular weight is 360 g/mol. The van der Waals surface area contributed by atoms with Crippen molar-refractivity contribution in [3.8, 4) is 0 Å². The summed E-state index contributed by atoms with van der Waals surface area (Å²) in [5.74, 6) is 0.127. The van der Waals surface area contributed by atoms with Crippen molar-refractivity contribution in [3.05, 3.63) is 59.7 Å². The van der Waals surface area contributed by atoms with Crippen molar-refractivity contribution in [1.82, 2.24) is 5.32 Å². The summed E-state index contributed by atoms with van der Waals surface area (Å²) in [5, 5.41) is 2.92. The minimum Gasteiger partial charge on any atom is -0.399 e. The van der Waals surface area contributed by atoms with Gasteiger partial charge < -0.3 is 16.0 Å². The number of nitrogen functional groups attached to an aromatic ring is 1. The highest BCUT2D eigenvalue weighted by Gasteiger charge is 2.21. The monoisotopic (exact) mass is 359 g/mol. The lowest BCUT2D eigenvalue weighted by Gasteiger charge is -2.16. The predicted octanol–water partition coefficient (Wildman–Crippen LogP) is 2.68. The van der Waals surface area contributed by atoms with Crippen LogP contribution in [0.1, 0.15) is 24.0 Å². The second-order valence-corrected chi connectivity index (χ2v) is 6.01. The summed E-state index contributed by atoms with van der Waals surface area (Å²) in [6, 6.07) is 15.1. The third-order valence-electron chi connectivity index (χ3n) is 4.13. The molecule has 2 aromatic rings. The molecule has 1 heterocycles. The van der Waals surface area contributed by atoms with Crippen LogP contribution in [0.5, 0.6) is 0 Å². The van der Waals surface area contributed by atoms with E-state index in [9.17, 15) is 9.59 Å². The van der Waals surface area contributed by atoms with Crippen LogP contribution in [0.2, 0.25) is 0 Å². The highest BCUT2D eigenvalue weighted by Crippen LogP contribution is 2.22. The van der Waals surface area contributed by atoms with Crippen molar-refractivity contribution in [1.29, 1.82) is 0 Å². The molecule has 1 saturated heterocycles. The molecule has 0 bridgehead atoms. The maximum atomic E-state index is 12.1. The molecule has 0 unspecified atom stereocenters. The molecular weight excluding hydrogens is 338 g/mol. The van der Waals surface area contributed by atoms with Gasteiger partial charge >= 0.3 is 0 Å². The van der Waals surface area contributed by atoms with Crippen molar-refractivity contribution in [2.75, 3.05) is 17.2 Å². The van der Waals surface area contributed by atoms with E-state index in [4.69, 9.17) is 5.73 Å². The van der Waals surface area contributed by atoms with Crippen LogP contribution in [0, 0.1) is 0 Å². The van der Waals surface area contributed by atoms with E-state index in [0.29, 0.717) is 25.1 Å². The molecule has 1 fully saturated rings. The van der Waals surface area contributed by atoms with Crippen LogP contribution in [0.4, 0.5) is 11.4 Å². The standard InChI is InChI=1S/C19H21N3O2.ClH/c20-16-8-6-14(7-9-16)12-18(23)21-13-15-3-1-4-17(11-15)22-10-2-5-19(22)24;/h1,3-4,6-9,11H,2,5,10,12-13,20H2,(H,21,23);1H. The van der Waals surface area contributed by atoms with E-state index in [1.165, 1.54) is 0 Å². The summed E-state index contributed by atoms with van der Waals surface area (Å²) < 4.78 is 0. The maximum Gasteiger partial charge on any atom is 0.227 e. The number of nitrogens with one attached hydrogen (secondary N) is 1. The van der Waals surface area contributed by atoms with Crippen LogP contribution in [0.25, 0.3) is 0 Å². The number of rotatable bonds is 5. The lowest BCUT2D eigenvalue weighted by Crippen LogP contribution is -2.26. The summed E-state index contributed by atoms with van der Waals surface area (Å²) >= 11 is 0. The van der Waals surface area contributed by atoms with Gasteiger partial charge in [-0.2, -0.15) is 0 Å². The van der Waals surface area contributed by atoms with Gasteiger partial charge in [-0.3, -0.25) is 9.59 Å². The Hall–Kier alpha value is -2.53. The Bertz CT molecular complexity index is 747. The first-order valence-electron chi connectivity index (χ1n) is 8.12. The minimum absolute atomic E-state index is 0. The van der Waals surface area contributed by atoms with Gasteiger partial charge in [-0.15, -0.1) is 12.4 Å². The number of halogens is 1. The second kappa shape index (κ2) is 8.53. The third kappa shape index (κ3) is 4.97. The van der Waals surface area contributed by atoms with Crippen molar-refractivity contribution in [2.45, 2.75) is 25.8 Å². The van der Waals surface area contributed by atoms with Crippen molar-refractivity contribution < 1.29 is 9.59 Å². The Labute approximate surface area is 153 Å². The van der Waals surface area contributed by atoms with E-state index in [0.717, 1.165) is 29.8 Å². The molecule has 0 atom stereocenters. The molecule has 0 aliphatic carbocycles. The van der Waals surface area contributed by atoms with Gasteiger partial charge in [0.1, 0.15) is 0 Å². The molecule has 0 spiro atoms. The van der Waals surface area contributed by atoms with E-state index in [1.54, 1.807) is 17.0 Å². The summed E-state index contributed by atoms with van der Waals surface area (Å²) in [6.07, 6.45) is 1.84. The zero-order chi connectivity index (χ0) is 16.9. The molecule has 132 valence electrons. The molecule has 0 saturated carbocycles. The maximum absolute atomic E-state index is 12.1. The van der Waals surface area contributed by atoms with Crippen molar-refractivity contribution >= 4 is 35.6 Å². The number of hydrogen-bond acceptors (Lipinski definition) is 3. The molecule has 25 heavy (non-hydrogen) atoms. The summed E-state index contributed by atoms with van der Waals surface area (Å²) in [6.45, 7) is 1.22. The van der Waals surface area contributed by atoms with Gasteiger partial charge in [0.15, 0.2) is 0 Å². The zero-order valence-electron chi connectivity index (χ0n) is 13.9. The number of anilines is 2. The van der Waals surface area contributed by atoms with Crippen LogP contribution >= 0.6 is 12.4 Å². The molecule has 2 amide bonds. The molecule has 6 heteroatoms. The first-order valence-corrected chi connectivity index (χ1v) is 8.12. The van der Waals surface area contributed by atoms with Gasteiger partial charge in [-0.1, -0.05) is 24.3 Å². The number of carbonyl (C=O) groups excluding carboxylic acids is 2. The third-order valence-corrected chi connectivity index (χ3v) is 4.13. The predicted molar refractivity (Wildman–Crippen MR) is 102 cm³/mol. The molecular formula is C19H22ClN3O2. The fraction of sp³-hybridized carbons (Fsp3) is 0.263. The largest absolute Gasteiger partial charge is 0.399 e. The lowest BCUT2D eigenvalue weighted by atomic mass is 10.1. The fourth-order valence-corrected chi connectivity index (χ4v) is 2.84. The van der Waals surface area contributed by atoms with Gasteiger partial charge in [0.05, 0.1) is 6.42 Å². The van der Waals surface area contributed by atoms with E-state index < -0.39 is 0 Å². The number of nitrogens with zero attached hydrogens (tertiary/aromatic N) is 1. The molecule has 3 rings (SSSR count). The van der Waals surface area contributed by atoms with Crippen molar-refractivity contribution in [2.24, 2.45) is 0 Å². The average Bonchev–Trinajstić information content (AvgIpc) is 3.01. The highest BCUT2D eigenvalue weighted by molar-refractivity contribution is 5.95. The van der Waals surface area contributed by atoms with Gasteiger partial charge in [0.25, 0.3) is 0 Å². The van der Waals surface area contributed by atoms with Gasteiger partial charge in [-0.25, -0.2) is 0 Å². The van der Waals surface area contributed by atoms with E-state index in [1.807, 2.05) is 36.4 Å². The number of hydrogen-bond donors (Lipinski definition) is 2. The van der Waals surface area contributed by atoms with Crippen LogP contribution < -0.4 is 16.0 Å². The topological polar surface area (TPSA) is 75.4 Å². The Morgan fingerprint density at radius 1 is 1.12 bits per heavy atom. The van der Waals surface area contributed by atoms with Gasteiger partial charge in [-0.05, 0) is 41.8 Å². The number of carbonyl (C=O) groups is 2. The molecule has 1 aliphatic rings. The molecule has 2 aromatic carbocycles. The first-order chi connectivity index (χ1) is 11.6. The van der Waals surface area contributed by atoms with E-state index >= 15 is 0 Å². The number of benzene rings is 2. The number of nitrogens with two attached hydrogens (primary N) is 1. The minimum atomic E-state index is -0.0394. The van der Waals surface area contributed by atoms with Gasteiger partial charge in [0, 0.05) is 30.9 Å². The highest BCUT2D eigenvalue weighted by atomic mass is 35.5. The van der Waals surface area contributed by atoms with Crippen LogP contribution in [0.15, 0.2) is 48.5 Å². The summed E-state index contributed by atoms with van der Waals surface area (Å²) in [7, 11) is 0. The quantitative estimate of drug-likeness (QED) is 0.806. The summed E-state index contributed by atoms with van der Waals surface area (Å²) in [4.78, 5) is 25.7. The van der Waals surface area contributed by atoms with Crippen molar-refractivity contribution in [3.63, 3.8) is 0 Å². The van der Waals surface area contributed by atoms with Crippen LogP contribution in [-0.4, -0.2) is 18.4 Å². The molecule has 3 N–H and O–H groups in total. The SMILES string of the molecule is Cl.Nc1ccc(CC(=O)NCc2cccc(N3CCCC3=O)c2)cc1. The van der Waals surface area contributed by atoms with E-state index in [2.05, 4.69) is 5.32 Å². The fourth-order valence-electron chi connectivity index (χ4n) is 2.84. The molecule has 1 aliphatic heterocycles. The Kier molecular flexibility index (Phi) is 6.42. The molecule has 0 radical (unpaired) electrons. The molecule has 5 nitrogen and oxygen atoms in total. The lowest BCUT2D eigenvalue weighted by molar-refractivity contribution is -0.120. The Balaban J connectivity index is 0.00000225.